The Balaban J connectivity index is 2.07. The first kappa shape index (κ1) is 10.4. The predicted molar refractivity (Wildman–Crippen MR) is 65.6 cm³/mol. The van der Waals surface area contributed by atoms with Crippen molar-refractivity contribution in [2.45, 2.75) is 39.2 Å². The average molecular weight is 228 g/mol. The minimum Gasteiger partial charge on any atom is -0.264 e. The standard InChI is InChI=1S/C13H16N4/c1-9-6-11(8-14-7-9)13-15-10(2)16-17(13)12-4-3-5-12/h6-8,12H,3-5H2,1-2H3. The molecule has 4 heteroatoms. The van der Waals surface area contributed by atoms with E-state index in [4.69, 9.17) is 0 Å². The van der Waals surface area contributed by atoms with Gasteiger partial charge in [0.25, 0.3) is 0 Å². The summed E-state index contributed by atoms with van der Waals surface area (Å²) in [6, 6.07) is 2.65. The van der Waals surface area contributed by atoms with E-state index in [1.54, 1.807) is 0 Å². The molecule has 0 saturated heterocycles. The fraction of sp³-hybridized carbons (Fsp3) is 0.462. The maximum atomic E-state index is 4.54. The molecule has 17 heavy (non-hydrogen) atoms. The Morgan fingerprint density at radius 1 is 1.24 bits per heavy atom. The SMILES string of the molecule is Cc1cncc(-c2nc(C)nn2C2CCC2)c1. The molecule has 2 aromatic heterocycles. The van der Waals surface area contributed by atoms with Crippen LogP contribution in [0, 0.1) is 13.8 Å². The molecule has 0 radical (unpaired) electrons. The van der Waals surface area contributed by atoms with Crippen LogP contribution in [-0.4, -0.2) is 19.7 Å². The number of aryl methyl sites for hydroxylation is 2. The van der Waals surface area contributed by atoms with E-state index in [0.29, 0.717) is 6.04 Å². The molecule has 0 spiro atoms. The first-order valence-corrected chi connectivity index (χ1v) is 6.09. The Labute approximate surface area is 101 Å². The summed E-state index contributed by atoms with van der Waals surface area (Å²) in [6.07, 6.45) is 7.46. The van der Waals surface area contributed by atoms with Crippen molar-refractivity contribution in [2.24, 2.45) is 0 Å². The van der Waals surface area contributed by atoms with Crippen LogP contribution in [0.4, 0.5) is 0 Å². The van der Waals surface area contributed by atoms with Crippen molar-refractivity contribution in [3.05, 3.63) is 29.8 Å². The minimum atomic E-state index is 0.534. The van der Waals surface area contributed by atoms with Gasteiger partial charge in [0, 0.05) is 18.0 Å². The highest BCUT2D eigenvalue weighted by molar-refractivity contribution is 5.54. The van der Waals surface area contributed by atoms with Gasteiger partial charge in [0.05, 0.1) is 6.04 Å². The van der Waals surface area contributed by atoms with E-state index in [-0.39, 0.29) is 0 Å². The summed E-state index contributed by atoms with van der Waals surface area (Å²) in [5, 5.41) is 4.52. The zero-order valence-corrected chi connectivity index (χ0v) is 10.2. The van der Waals surface area contributed by atoms with Gasteiger partial charge in [-0.05, 0) is 44.7 Å². The molecule has 0 amide bonds. The summed E-state index contributed by atoms with van der Waals surface area (Å²) >= 11 is 0. The summed E-state index contributed by atoms with van der Waals surface area (Å²) < 4.78 is 2.08. The number of aromatic nitrogens is 4. The smallest absolute Gasteiger partial charge is 0.160 e. The second-order valence-corrected chi connectivity index (χ2v) is 4.76. The third-order valence-electron chi connectivity index (χ3n) is 3.29. The lowest BCUT2D eigenvalue weighted by atomic mass is 9.93. The summed E-state index contributed by atoms with van der Waals surface area (Å²) in [4.78, 5) is 8.77. The molecule has 0 aromatic carbocycles. The molecule has 1 aliphatic rings. The Hall–Kier alpha value is -1.71. The topological polar surface area (TPSA) is 43.6 Å². The first-order valence-electron chi connectivity index (χ1n) is 6.09. The number of nitrogens with zero attached hydrogens (tertiary/aromatic N) is 4. The van der Waals surface area contributed by atoms with Gasteiger partial charge in [0.15, 0.2) is 5.82 Å². The molecule has 0 unspecified atom stereocenters. The van der Waals surface area contributed by atoms with Gasteiger partial charge in [-0.2, -0.15) is 5.10 Å². The summed E-state index contributed by atoms with van der Waals surface area (Å²) in [7, 11) is 0. The van der Waals surface area contributed by atoms with Crippen molar-refractivity contribution in [1.29, 1.82) is 0 Å². The number of hydrogen-bond acceptors (Lipinski definition) is 3. The molecule has 2 heterocycles. The highest BCUT2D eigenvalue weighted by Crippen LogP contribution is 2.34. The van der Waals surface area contributed by atoms with Crippen molar-refractivity contribution in [3.8, 4) is 11.4 Å². The van der Waals surface area contributed by atoms with Crippen molar-refractivity contribution in [1.82, 2.24) is 19.7 Å². The van der Waals surface area contributed by atoms with Crippen LogP contribution in [0.2, 0.25) is 0 Å². The van der Waals surface area contributed by atoms with E-state index < -0.39 is 0 Å². The molecule has 4 nitrogen and oxygen atoms in total. The normalized spacial score (nSPS) is 15.9. The quantitative estimate of drug-likeness (QED) is 0.793. The van der Waals surface area contributed by atoms with Crippen LogP contribution in [0.5, 0.6) is 0 Å². The molecule has 0 N–H and O–H groups in total. The van der Waals surface area contributed by atoms with Crippen LogP contribution in [0.25, 0.3) is 11.4 Å². The molecule has 1 saturated carbocycles. The summed E-state index contributed by atoms with van der Waals surface area (Å²) in [6.45, 7) is 4.00. The fourth-order valence-corrected chi connectivity index (χ4v) is 2.19. The summed E-state index contributed by atoms with van der Waals surface area (Å²) in [5.74, 6) is 1.80. The van der Waals surface area contributed by atoms with E-state index in [1.807, 2.05) is 26.2 Å². The van der Waals surface area contributed by atoms with Crippen molar-refractivity contribution >= 4 is 0 Å². The lowest BCUT2D eigenvalue weighted by Gasteiger charge is -2.26. The van der Waals surface area contributed by atoms with Gasteiger partial charge in [0.1, 0.15) is 5.82 Å². The molecule has 3 rings (SSSR count). The zero-order chi connectivity index (χ0) is 11.8. The first-order chi connectivity index (χ1) is 8.24. The van der Waals surface area contributed by atoms with Gasteiger partial charge in [-0.1, -0.05) is 0 Å². The van der Waals surface area contributed by atoms with Crippen LogP contribution in [0.15, 0.2) is 18.5 Å². The molecular weight excluding hydrogens is 212 g/mol. The van der Waals surface area contributed by atoms with Crippen LogP contribution < -0.4 is 0 Å². The maximum Gasteiger partial charge on any atom is 0.160 e. The van der Waals surface area contributed by atoms with Gasteiger partial charge in [-0.15, -0.1) is 0 Å². The van der Waals surface area contributed by atoms with Crippen molar-refractivity contribution < 1.29 is 0 Å². The van der Waals surface area contributed by atoms with Crippen LogP contribution in [0.3, 0.4) is 0 Å². The molecule has 1 aliphatic carbocycles. The minimum absolute atomic E-state index is 0.534. The van der Waals surface area contributed by atoms with Gasteiger partial charge >= 0.3 is 0 Å². The fourth-order valence-electron chi connectivity index (χ4n) is 2.19. The van der Waals surface area contributed by atoms with Gasteiger partial charge in [-0.3, -0.25) is 4.98 Å². The number of hydrogen-bond donors (Lipinski definition) is 0. The number of pyridine rings is 1. The van der Waals surface area contributed by atoms with E-state index >= 15 is 0 Å². The van der Waals surface area contributed by atoms with Crippen molar-refractivity contribution in [2.75, 3.05) is 0 Å². The third kappa shape index (κ3) is 1.84. The van der Waals surface area contributed by atoms with Crippen LogP contribution >= 0.6 is 0 Å². The van der Waals surface area contributed by atoms with Gasteiger partial charge in [0.2, 0.25) is 0 Å². The monoisotopic (exact) mass is 228 g/mol. The lowest BCUT2D eigenvalue weighted by molar-refractivity contribution is 0.291. The molecule has 88 valence electrons. The number of rotatable bonds is 2. The zero-order valence-electron chi connectivity index (χ0n) is 10.2. The second kappa shape index (κ2) is 3.95. The molecule has 2 aromatic rings. The highest BCUT2D eigenvalue weighted by Gasteiger charge is 2.24. The van der Waals surface area contributed by atoms with Crippen LogP contribution in [0.1, 0.15) is 36.7 Å². The average Bonchev–Trinajstić information content (AvgIpc) is 2.58. The van der Waals surface area contributed by atoms with Crippen molar-refractivity contribution in [3.63, 3.8) is 0 Å². The predicted octanol–water partition coefficient (Wildman–Crippen LogP) is 2.68. The molecule has 0 bridgehead atoms. The Morgan fingerprint density at radius 2 is 2.06 bits per heavy atom. The Morgan fingerprint density at radius 3 is 2.71 bits per heavy atom. The second-order valence-electron chi connectivity index (χ2n) is 4.76. The lowest BCUT2D eigenvalue weighted by Crippen LogP contribution is -2.19. The van der Waals surface area contributed by atoms with E-state index in [9.17, 15) is 0 Å². The van der Waals surface area contributed by atoms with E-state index in [0.717, 1.165) is 22.8 Å². The highest BCUT2D eigenvalue weighted by atomic mass is 15.4. The van der Waals surface area contributed by atoms with E-state index in [2.05, 4.69) is 25.8 Å². The molecule has 0 atom stereocenters. The van der Waals surface area contributed by atoms with E-state index in [1.165, 1.54) is 19.3 Å². The van der Waals surface area contributed by atoms with Gasteiger partial charge < -0.3 is 0 Å². The third-order valence-corrected chi connectivity index (χ3v) is 3.29. The largest absolute Gasteiger partial charge is 0.264 e. The Bertz CT molecular complexity index is 540. The summed E-state index contributed by atoms with van der Waals surface area (Å²) in [5.41, 5.74) is 2.22. The molecule has 0 aliphatic heterocycles. The maximum absolute atomic E-state index is 4.54. The van der Waals surface area contributed by atoms with Crippen LogP contribution in [-0.2, 0) is 0 Å². The molecule has 1 fully saturated rings. The Kier molecular flexibility index (Phi) is 2.42. The molecular formula is C13H16N4. The van der Waals surface area contributed by atoms with Gasteiger partial charge in [-0.25, -0.2) is 9.67 Å².